The van der Waals surface area contributed by atoms with Gasteiger partial charge in [-0.1, -0.05) is 22.9 Å². The maximum absolute atomic E-state index is 12.1. The van der Waals surface area contributed by atoms with Crippen LogP contribution in [0.25, 0.3) is 0 Å². The molecule has 0 atom stereocenters. The van der Waals surface area contributed by atoms with E-state index in [1.165, 1.54) is 0 Å². The number of halogens is 1. The standard InChI is InChI=1S/C16H25BrN2O2/c1-5-18-10-13-9-14(17)8-12(4)16(13)21-11-15(20)19(6-2)7-3/h8-9,18H,5-7,10-11H2,1-4H3. The van der Waals surface area contributed by atoms with Crippen LogP contribution in [0.2, 0.25) is 0 Å². The summed E-state index contributed by atoms with van der Waals surface area (Å²) in [6.07, 6.45) is 0. The molecule has 0 saturated heterocycles. The molecule has 1 amide bonds. The number of ether oxygens (including phenoxy) is 1. The molecule has 4 nitrogen and oxygen atoms in total. The largest absolute Gasteiger partial charge is 0.483 e. The Morgan fingerprint density at radius 1 is 1.29 bits per heavy atom. The van der Waals surface area contributed by atoms with Gasteiger partial charge in [0.2, 0.25) is 0 Å². The Morgan fingerprint density at radius 3 is 2.52 bits per heavy atom. The second-order valence-corrected chi connectivity index (χ2v) is 5.76. The van der Waals surface area contributed by atoms with Crippen LogP contribution >= 0.6 is 15.9 Å². The van der Waals surface area contributed by atoms with Crippen LogP contribution < -0.4 is 10.1 Å². The molecular weight excluding hydrogens is 332 g/mol. The molecule has 1 aromatic carbocycles. The van der Waals surface area contributed by atoms with Gasteiger partial charge in [-0.05, 0) is 45.0 Å². The number of aryl methyl sites for hydroxylation is 1. The van der Waals surface area contributed by atoms with Crippen molar-refractivity contribution in [3.05, 3.63) is 27.7 Å². The van der Waals surface area contributed by atoms with E-state index in [1.807, 2.05) is 32.9 Å². The Bertz CT molecular complexity index is 474. The predicted molar refractivity (Wildman–Crippen MR) is 89.7 cm³/mol. The second kappa shape index (κ2) is 9.05. The minimum atomic E-state index is 0.0247. The summed E-state index contributed by atoms with van der Waals surface area (Å²) in [5, 5.41) is 3.30. The van der Waals surface area contributed by atoms with Gasteiger partial charge in [-0.2, -0.15) is 0 Å². The molecule has 0 heterocycles. The molecule has 0 unspecified atom stereocenters. The Morgan fingerprint density at radius 2 is 1.95 bits per heavy atom. The first-order chi connectivity index (χ1) is 10.0. The average Bonchev–Trinajstić information content (AvgIpc) is 2.45. The summed E-state index contributed by atoms with van der Waals surface area (Å²) in [4.78, 5) is 13.8. The topological polar surface area (TPSA) is 41.6 Å². The van der Waals surface area contributed by atoms with E-state index < -0.39 is 0 Å². The number of rotatable bonds is 8. The lowest BCUT2D eigenvalue weighted by Crippen LogP contribution is -2.34. The molecule has 0 aliphatic rings. The molecular formula is C16H25BrN2O2. The molecule has 21 heavy (non-hydrogen) atoms. The molecule has 1 rings (SSSR count). The van der Waals surface area contributed by atoms with Gasteiger partial charge in [0.25, 0.3) is 5.91 Å². The summed E-state index contributed by atoms with van der Waals surface area (Å²) in [7, 11) is 0. The van der Waals surface area contributed by atoms with Gasteiger partial charge in [-0.25, -0.2) is 0 Å². The number of nitrogens with one attached hydrogen (secondary N) is 1. The second-order valence-electron chi connectivity index (χ2n) is 4.85. The highest BCUT2D eigenvalue weighted by molar-refractivity contribution is 9.10. The van der Waals surface area contributed by atoms with Gasteiger partial charge in [0.15, 0.2) is 6.61 Å². The van der Waals surface area contributed by atoms with Crippen LogP contribution in [0.15, 0.2) is 16.6 Å². The number of amides is 1. The normalized spacial score (nSPS) is 10.5. The van der Waals surface area contributed by atoms with Crippen LogP contribution in [0.3, 0.4) is 0 Å². The molecule has 0 fully saturated rings. The summed E-state index contributed by atoms with van der Waals surface area (Å²) in [6.45, 7) is 11.1. The van der Waals surface area contributed by atoms with Crippen molar-refractivity contribution in [3.63, 3.8) is 0 Å². The summed E-state index contributed by atoms with van der Waals surface area (Å²) in [5.74, 6) is 0.830. The average molecular weight is 357 g/mol. The summed E-state index contributed by atoms with van der Waals surface area (Å²) >= 11 is 3.51. The fraction of sp³-hybridized carbons (Fsp3) is 0.562. The highest BCUT2D eigenvalue weighted by Crippen LogP contribution is 2.28. The zero-order chi connectivity index (χ0) is 15.8. The monoisotopic (exact) mass is 356 g/mol. The Labute approximate surface area is 136 Å². The van der Waals surface area contributed by atoms with Gasteiger partial charge in [-0.3, -0.25) is 4.79 Å². The van der Waals surface area contributed by atoms with Crippen molar-refractivity contribution < 1.29 is 9.53 Å². The van der Waals surface area contributed by atoms with E-state index in [1.54, 1.807) is 4.90 Å². The molecule has 0 saturated carbocycles. The van der Waals surface area contributed by atoms with Crippen molar-refractivity contribution in [2.45, 2.75) is 34.2 Å². The van der Waals surface area contributed by atoms with E-state index in [9.17, 15) is 4.79 Å². The van der Waals surface area contributed by atoms with Crippen molar-refractivity contribution in [2.24, 2.45) is 0 Å². The van der Waals surface area contributed by atoms with E-state index >= 15 is 0 Å². The summed E-state index contributed by atoms with van der Waals surface area (Å²) in [6, 6.07) is 4.04. The van der Waals surface area contributed by atoms with Crippen LogP contribution in [0, 0.1) is 6.92 Å². The number of carbonyl (C=O) groups is 1. The minimum absolute atomic E-state index is 0.0247. The number of carbonyl (C=O) groups excluding carboxylic acids is 1. The molecule has 5 heteroatoms. The fourth-order valence-corrected chi connectivity index (χ4v) is 2.82. The van der Waals surface area contributed by atoms with Gasteiger partial charge < -0.3 is 15.0 Å². The number of hydrogen-bond donors (Lipinski definition) is 1. The third-order valence-electron chi connectivity index (χ3n) is 3.34. The third-order valence-corrected chi connectivity index (χ3v) is 3.80. The summed E-state index contributed by atoms with van der Waals surface area (Å²) < 4.78 is 6.84. The highest BCUT2D eigenvalue weighted by atomic mass is 79.9. The zero-order valence-electron chi connectivity index (χ0n) is 13.3. The Kier molecular flexibility index (Phi) is 7.75. The number of hydrogen-bond acceptors (Lipinski definition) is 3. The van der Waals surface area contributed by atoms with Crippen LogP contribution in [0.1, 0.15) is 31.9 Å². The lowest BCUT2D eigenvalue weighted by atomic mass is 10.1. The van der Waals surface area contributed by atoms with Crippen LogP contribution in [0.4, 0.5) is 0 Å². The zero-order valence-corrected chi connectivity index (χ0v) is 14.9. The number of likely N-dealkylation sites (N-methyl/N-ethyl adjacent to an activating group) is 1. The van der Waals surface area contributed by atoms with E-state index in [2.05, 4.69) is 28.2 Å². The van der Waals surface area contributed by atoms with Crippen molar-refractivity contribution >= 4 is 21.8 Å². The molecule has 1 aromatic rings. The molecule has 1 N–H and O–H groups in total. The van der Waals surface area contributed by atoms with E-state index in [-0.39, 0.29) is 12.5 Å². The first kappa shape index (κ1) is 18.0. The van der Waals surface area contributed by atoms with Gasteiger partial charge in [0.05, 0.1) is 0 Å². The molecule has 118 valence electrons. The van der Waals surface area contributed by atoms with Gasteiger partial charge in [0.1, 0.15) is 5.75 Å². The van der Waals surface area contributed by atoms with Crippen molar-refractivity contribution in [1.29, 1.82) is 0 Å². The fourth-order valence-electron chi connectivity index (χ4n) is 2.20. The summed E-state index contributed by atoms with van der Waals surface area (Å²) in [5.41, 5.74) is 2.10. The van der Waals surface area contributed by atoms with E-state index in [0.717, 1.165) is 34.4 Å². The quantitative estimate of drug-likeness (QED) is 0.777. The Balaban J connectivity index is 2.84. The van der Waals surface area contributed by atoms with Gasteiger partial charge in [0, 0.05) is 29.7 Å². The molecule has 0 spiro atoms. The molecule has 0 aliphatic heterocycles. The molecule has 0 aromatic heterocycles. The van der Waals surface area contributed by atoms with Crippen LogP contribution in [-0.4, -0.2) is 37.0 Å². The maximum Gasteiger partial charge on any atom is 0.260 e. The molecule has 0 radical (unpaired) electrons. The van der Waals surface area contributed by atoms with E-state index in [4.69, 9.17) is 4.74 Å². The van der Waals surface area contributed by atoms with Crippen LogP contribution in [-0.2, 0) is 11.3 Å². The van der Waals surface area contributed by atoms with Crippen molar-refractivity contribution in [3.8, 4) is 5.75 Å². The molecule has 0 bridgehead atoms. The Hall–Kier alpha value is -1.07. The van der Waals surface area contributed by atoms with E-state index in [0.29, 0.717) is 13.1 Å². The third kappa shape index (κ3) is 5.32. The first-order valence-electron chi connectivity index (χ1n) is 7.43. The SMILES string of the molecule is CCNCc1cc(Br)cc(C)c1OCC(=O)N(CC)CC. The van der Waals surface area contributed by atoms with Crippen LogP contribution in [0.5, 0.6) is 5.75 Å². The molecule has 0 aliphatic carbocycles. The maximum atomic E-state index is 12.1. The lowest BCUT2D eigenvalue weighted by molar-refractivity contribution is -0.132. The van der Waals surface area contributed by atoms with Gasteiger partial charge >= 0.3 is 0 Å². The smallest absolute Gasteiger partial charge is 0.260 e. The van der Waals surface area contributed by atoms with Crippen molar-refractivity contribution in [2.75, 3.05) is 26.2 Å². The minimum Gasteiger partial charge on any atom is -0.483 e. The number of benzene rings is 1. The highest BCUT2D eigenvalue weighted by Gasteiger charge is 2.14. The van der Waals surface area contributed by atoms with Crippen molar-refractivity contribution in [1.82, 2.24) is 10.2 Å². The predicted octanol–water partition coefficient (Wildman–Crippen LogP) is 3.11. The van der Waals surface area contributed by atoms with Gasteiger partial charge in [-0.15, -0.1) is 0 Å². The number of nitrogens with zero attached hydrogens (tertiary/aromatic N) is 1. The first-order valence-corrected chi connectivity index (χ1v) is 8.23. The lowest BCUT2D eigenvalue weighted by Gasteiger charge is -2.20.